The van der Waals surface area contributed by atoms with Gasteiger partial charge in [0.05, 0.1) is 12.8 Å². The smallest absolute Gasteiger partial charge is 0.227 e. The average Bonchev–Trinajstić information content (AvgIpc) is 3.06. The van der Waals surface area contributed by atoms with Crippen molar-refractivity contribution in [1.82, 2.24) is 4.90 Å². The Bertz CT molecular complexity index is 369. The van der Waals surface area contributed by atoms with Crippen LogP contribution < -0.4 is 5.73 Å². The molecule has 0 radical (unpaired) electrons. The van der Waals surface area contributed by atoms with E-state index >= 15 is 0 Å². The number of carbonyl (C=O) groups excluding carboxylic acids is 1. The van der Waals surface area contributed by atoms with Crippen LogP contribution >= 0.6 is 0 Å². The highest BCUT2D eigenvalue weighted by Gasteiger charge is 2.29. The summed E-state index contributed by atoms with van der Waals surface area (Å²) in [6, 6.07) is 4.14. The highest BCUT2D eigenvalue weighted by atomic mass is 16.3. The summed E-state index contributed by atoms with van der Waals surface area (Å²) in [5, 5.41) is 0. The summed E-state index contributed by atoms with van der Waals surface area (Å²) in [7, 11) is 0. The van der Waals surface area contributed by atoms with Gasteiger partial charge < -0.3 is 15.1 Å². The summed E-state index contributed by atoms with van der Waals surface area (Å²) in [6.07, 6.45) is 6.28. The van der Waals surface area contributed by atoms with Crippen LogP contribution in [0.5, 0.6) is 0 Å². The molecule has 1 saturated carbocycles. The second-order valence-electron chi connectivity index (χ2n) is 5.12. The van der Waals surface area contributed by atoms with Crippen LogP contribution in [-0.2, 0) is 11.3 Å². The minimum absolute atomic E-state index is 0.111. The third-order valence-corrected chi connectivity index (χ3v) is 3.73. The summed E-state index contributed by atoms with van der Waals surface area (Å²) < 4.78 is 5.36. The lowest BCUT2D eigenvalue weighted by molar-refractivity contribution is -0.138. The Morgan fingerprint density at radius 1 is 1.56 bits per heavy atom. The first kappa shape index (κ1) is 13.1. The molecule has 1 aromatic rings. The molecule has 0 bridgehead atoms. The summed E-state index contributed by atoms with van der Waals surface area (Å²) in [4.78, 5) is 14.4. The Morgan fingerprint density at radius 3 is 2.83 bits per heavy atom. The van der Waals surface area contributed by atoms with Crippen molar-refractivity contribution in [3.8, 4) is 0 Å². The molecule has 2 rings (SSSR count). The molecule has 0 saturated heterocycles. The topological polar surface area (TPSA) is 59.5 Å². The third-order valence-electron chi connectivity index (χ3n) is 3.73. The van der Waals surface area contributed by atoms with E-state index in [2.05, 4.69) is 0 Å². The van der Waals surface area contributed by atoms with Crippen LogP contribution in [0.2, 0.25) is 0 Å². The average molecular weight is 250 g/mol. The number of carbonyl (C=O) groups is 1. The van der Waals surface area contributed by atoms with Crippen molar-refractivity contribution < 1.29 is 9.21 Å². The van der Waals surface area contributed by atoms with E-state index in [1.807, 2.05) is 24.0 Å². The van der Waals surface area contributed by atoms with Gasteiger partial charge in [-0.25, -0.2) is 0 Å². The van der Waals surface area contributed by atoms with Crippen molar-refractivity contribution in [2.75, 3.05) is 6.54 Å². The number of rotatable bonds is 5. The summed E-state index contributed by atoms with van der Waals surface area (Å²) in [5.41, 5.74) is 5.61. The first-order valence-corrected chi connectivity index (χ1v) is 6.75. The van der Waals surface area contributed by atoms with Gasteiger partial charge in [-0.1, -0.05) is 19.8 Å². The number of hydrogen-bond donors (Lipinski definition) is 1. The lowest BCUT2D eigenvalue weighted by Gasteiger charge is -2.30. The zero-order valence-electron chi connectivity index (χ0n) is 11.0. The largest absolute Gasteiger partial charge is 0.467 e. The number of furan rings is 1. The van der Waals surface area contributed by atoms with Gasteiger partial charge in [0.2, 0.25) is 5.91 Å². The molecule has 18 heavy (non-hydrogen) atoms. The van der Waals surface area contributed by atoms with Crippen molar-refractivity contribution in [1.29, 1.82) is 0 Å². The van der Waals surface area contributed by atoms with E-state index < -0.39 is 0 Å². The molecule has 1 fully saturated rings. The molecule has 1 aromatic heterocycles. The Balaban J connectivity index is 2.09. The van der Waals surface area contributed by atoms with Crippen LogP contribution in [0, 0.1) is 5.92 Å². The predicted octanol–water partition coefficient (Wildman–Crippen LogP) is 2.15. The van der Waals surface area contributed by atoms with E-state index in [-0.39, 0.29) is 11.8 Å². The Morgan fingerprint density at radius 2 is 2.28 bits per heavy atom. The van der Waals surface area contributed by atoms with Crippen LogP contribution in [0.1, 0.15) is 38.4 Å². The fraction of sp³-hybridized carbons (Fsp3) is 0.643. The molecule has 0 spiro atoms. The summed E-state index contributed by atoms with van der Waals surface area (Å²) in [5.74, 6) is 0.890. The Kier molecular flexibility index (Phi) is 4.42. The van der Waals surface area contributed by atoms with E-state index in [0.29, 0.717) is 19.1 Å². The number of nitrogens with two attached hydrogens (primary N) is 1. The molecule has 2 N–H and O–H groups in total. The second kappa shape index (κ2) is 6.05. The lowest BCUT2D eigenvalue weighted by atomic mass is 10.1. The molecular formula is C14H22N2O2. The Labute approximate surface area is 108 Å². The van der Waals surface area contributed by atoms with Crippen LogP contribution in [0.4, 0.5) is 0 Å². The van der Waals surface area contributed by atoms with Crippen molar-refractivity contribution in [3.63, 3.8) is 0 Å². The van der Waals surface area contributed by atoms with Crippen LogP contribution in [0.3, 0.4) is 0 Å². The molecule has 1 unspecified atom stereocenters. The molecule has 4 nitrogen and oxygen atoms in total. The fourth-order valence-corrected chi connectivity index (χ4v) is 2.56. The van der Waals surface area contributed by atoms with Gasteiger partial charge in [0.15, 0.2) is 0 Å². The molecule has 1 aliphatic rings. The van der Waals surface area contributed by atoms with Gasteiger partial charge in [-0.2, -0.15) is 0 Å². The predicted molar refractivity (Wildman–Crippen MR) is 69.7 cm³/mol. The van der Waals surface area contributed by atoms with E-state index in [1.165, 1.54) is 12.8 Å². The molecule has 4 heteroatoms. The van der Waals surface area contributed by atoms with Crippen LogP contribution in [-0.4, -0.2) is 23.4 Å². The zero-order valence-corrected chi connectivity index (χ0v) is 11.0. The summed E-state index contributed by atoms with van der Waals surface area (Å²) in [6.45, 7) is 2.87. The van der Waals surface area contributed by atoms with Gasteiger partial charge in [-0.15, -0.1) is 0 Å². The van der Waals surface area contributed by atoms with Gasteiger partial charge in [-0.05, 0) is 25.0 Å². The van der Waals surface area contributed by atoms with Gasteiger partial charge in [0.25, 0.3) is 0 Å². The normalized spacial score (nSPS) is 17.9. The van der Waals surface area contributed by atoms with Crippen molar-refractivity contribution in [2.45, 2.75) is 45.2 Å². The SMILES string of the molecule is CC(CN)C(=O)N(Cc1ccco1)C1CCCC1. The molecule has 1 amide bonds. The van der Waals surface area contributed by atoms with E-state index in [0.717, 1.165) is 18.6 Å². The first-order valence-electron chi connectivity index (χ1n) is 6.75. The second-order valence-corrected chi connectivity index (χ2v) is 5.12. The standard InChI is InChI=1S/C14H22N2O2/c1-11(9-15)14(17)16(12-5-2-3-6-12)10-13-7-4-8-18-13/h4,7-8,11-12H,2-3,5-6,9-10,15H2,1H3. The van der Waals surface area contributed by atoms with E-state index in [9.17, 15) is 4.79 Å². The van der Waals surface area contributed by atoms with E-state index in [4.69, 9.17) is 10.2 Å². The maximum Gasteiger partial charge on any atom is 0.227 e. The maximum atomic E-state index is 12.4. The molecule has 0 aliphatic heterocycles. The molecule has 1 heterocycles. The monoisotopic (exact) mass is 250 g/mol. The number of hydrogen-bond acceptors (Lipinski definition) is 3. The Hall–Kier alpha value is -1.29. The fourth-order valence-electron chi connectivity index (χ4n) is 2.56. The van der Waals surface area contributed by atoms with Gasteiger partial charge in [0, 0.05) is 18.5 Å². The minimum atomic E-state index is -0.111. The van der Waals surface area contributed by atoms with Gasteiger partial charge >= 0.3 is 0 Å². The van der Waals surface area contributed by atoms with Crippen LogP contribution in [0.15, 0.2) is 22.8 Å². The van der Waals surface area contributed by atoms with Gasteiger partial charge in [0.1, 0.15) is 5.76 Å². The van der Waals surface area contributed by atoms with Crippen molar-refractivity contribution >= 4 is 5.91 Å². The maximum absolute atomic E-state index is 12.4. The lowest BCUT2D eigenvalue weighted by Crippen LogP contribution is -2.42. The minimum Gasteiger partial charge on any atom is -0.467 e. The molecule has 1 atom stereocenters. The molecule has 0 aromatic carbocycles. The molecule has 1 aliphatic carbocycles. The third kappa shape index (κ3) is 2.93. The van der Waals surface area contributed by atoms with Crippen LogP contribution in [0.25, 0.3) is 0 Å². The first-order chi connectivity index (χ1) is 8.72. The number of amides is 1. The number of nitrogens with zero attached hydrogens (tertiary/aromatic N) is 1. The summed E-state index contributed by atoms with van der Waals surface area (Å²) >= 11 is 0. The van der Waals surface area contributed by atoms with E-state index in [1.54, 1.807) is 6.26 Å². The molecule has 100 valence electrons. The van der Waals surface area contributed by atoms with Crippen molar-refractivity contribution in [3.05, 3.63) is 24.2 Å². The highest BCUT2D eigenvalue weighted by Crippen LogP contribution is 2.26. The highest BCUT2D eigenvalue weighted by molar-refractivity contribution is 5.79. The van der Waals surface area contributed by atoms with Gasteiger partial charge in [-0.3, -0.25) is 4.79 Å². The molecular weight excluding hydrogens is 228 g/mol. The van der Waals surface area contributed by atoms with Crippen molar-refractivity contribution in [2.24, 2.45) is 11.7 Å². The quantitative estimate of drug-likeness (QED) is 0.871. The zero-order chi connectivity index (χ0) is 13.0.